The average Bonchev–Trinajstić information content (AvgIpc) is 2.76. The summed E-state index contributed by atoms with van der Waals surface area (Å²) in [6.45, 7) is 2.23. The second-order valence-corrected chi connectivity index (χ2v) is 7.90. The van der Waals surface area contributed by atoms with Crippen molar-refractivity contribution in [1.29, 1.82) is 0 Å². The molecule has 3 rings (SSSR count). The molecule has 0 aliphatic carbocycles. The summed E-state index contributed by atoms with van der Waals surface area (Å²) in [5, 5.41) is 6.85. The van der Waals surface area contributed by atoms with Gasteiger partial charge in [0.15, 0.2) is 0 Å². The third kappa shape index (κ3) is 6.67. The minimum Gasteiger partial charge on any atom is -0.488 e. The van der Waals surface area contributed by atoms with Gasteiger partial charge in [-0.3, -0.25) is 9.59 Å². The standard InChI is InChI=1S/C23H19BrClN3O3/c1-15-7-9-19(12-20(15)25)27-22(29)23(30)28-26-13-17-11-18(24)8-10-21(17)31-14-16-5-3-2-4-6-16/h2-13H,14H2,1H3,(H,27,29)(H,28,30). The van der Waals surface area contributed by atoms with Gasteiger partial charge in [0.05, 0.1) is 6.21 Å². The Morgan fingerprint density at radius 3 is 2.58 bits per heavy atom. The summed E-state index contributed by atoms with van der Waals surface area (Å²) in [5.74, 6) is -1.18. The molecule has 3 aromatic rings. The molecule has 31 heavy (non-hydrogen) atoms. The van der Waals surface area contributed by atoms with E-state index in [4.69, 9.17) is 16.3 Å². The van der Waals surface area contributed by atoms with E-state index in [1.54, 1.807) is 30.3 Å². The lowest BCUT2D eigenvalue weighted by Crippen LogP contribution is -2.32. The van der Waals surface area contributed by atoms with Crippen LogP contribution in [-0.2, 0) is 16.2 Å². The first-order chi connectivity index (χ1) is 14.9. The molecule has 0 aromatic heterocycles. The first kappa shape index (κ1) is 22.5. The number of halogens is 2. The third-order valence-corrected chi connectivity index (χ3v) is 5.12. The Hall–Kier alpha value is -3.16. The van der Waals surface area contributed by atoms with Crippen molar-refractivity contribution >= 4 is 51.2 Å². The number of hydrogen-bond acceptors (Lipinski definition) is 4. The molecule has 0 radical (unpaired) electrons. The summed E-state index contributed by atoms with van der Waals surface area (Å²) < 4.78 is 6.69. The first-order valence-corrected chi connectivity index (χ1v) is 10.5. The van der Waals surface area contributed by atoms with Crippen molar-refractivity contribution in [3.63, 3.8) is 0 Å². The number of carbonyl (C=O) groups excluding carboxylic acids is 2. The van der Waals surface area contributed by atoms with Crippen LogP contribution in [0.4, 0.5) is 5.69 Å². The zero-order valence-corrected chi connectivity index (χ0v) is 18.9. The number of ether oxygens (including phenoxy) is 1. The van der Waals surface area contributed by atoms with E-state index in [0.29, 0.717) is 28.6 Å². The zero-order chi connectivity index (χ0) is 22.2. The Bertz CT molecular complexity index is 1120. The molecule has 0 saturated carbocycles. The lowest BCUT2D eigenvalue weighted by Gasteiger charge is -2.10. The number of anilines is 1. The molecule has 8 heteroatoms. The van der Waals surface area contributed by atoms with Gasteiger partial charge >= 0.3 is 11.8 Å². The van der Waals surface area contributed by atoms with E-state index in [1.165, 1.54) is 6.21 Å². The third-order valence-electron chi connectivity index (χ3n) is 4.21. The number of nitrogens with one attached hydrogen (secondary N) is 2. The normalized spacial score (nSPS) is 10.7. The Labute approximate surface area is 193 Å². The Morgan fingerprint density at radius 1 is 1.06 bits per heavy atom. The molecular formula is C23H19BrClN3O3. The van der Waals surface area contributed by atoms with E-state index in [-0.39, 0.29) is 0 Å². The minimum atomic E-state index is -0.908. The maximum absolute atomic E-state index is 12.1. The largest absolute Gasteiger partial charge is 0.488 e. The van der Waals surface area contributed by atoms with E-state index in [9.17, 15) is 9.59 Å². The van der Waals surface area contributed by atoms with Crippen LogP contribution in [0.2, 0.25) is 5.02 Å². The fourth-order valence-electron chi connectivity index (χ4n) is 2.56. The number of amides is 2. The molecule has 0 unspecified atom stereocenters. The van der Waals surface area contributed by atoms with Crippen LogP contribution in [0, 0.1) is 6.92 Å². The number of aryl methyl sites for hydroxylation is 1. The van der Waals surface area contributed by atoms with Crippen molar-refractivity contribution in [3.05, 3.63) is 92.9 Å². The Morgan fingerprint density at radius 2 is 1.84 bits per heavy atom. The highest BCUT2D eigenvalue weighted by Crippen LogP contribution is 2.23. The summed E-state index contributed by atoms with van der Waals surface area (Å²) in [7, 11) is 0. The van der Waals surface area contributed by atoms with Crippen LogP contribution in [0.25, 0.3) is 0 Å². The van der Waals surface area contributed by atoms with E-state index in [0.717, 1.165) is 15.6 Å². The van der Waals surface area contributed by atoms with E-state index < -0.39 is 11.8 Å². The van der Waals surface area contributed by atoms with Crippen molar-refractivity contribution in [2.24, 2.45) is 5.10 Å². The topological polar surface area (TPSA) is 79.8 Å². The number of hydrogen-bond donors (Lipinski definition) is 2. The molecular weight excluding hydrogens is 482 g/mol. The molecule has 0 aliphatic heterocycles. The highest BCUT2D eigenvalue weighted by atomic mass is 79.9. The minimum absolute atomic E-state index is 0.386. The van der Waals surface area contributed by atoms with Crippen molar-refractivity contribution < 1.29 is 14.3 Å². The van der Waals surface area contributed by atoms with Crippen LogP contribution in [0.1, 0.15) is 16.7 Å². The SMILES string of the molecule is Cc1ccc(NC(=O)C(=O)NN=Cc2cc(Br)ccc2OCc2ccccc2)cc1Cl. The molecule has 6 nitrogen and oxygen atoms in total. The molecule has 158 valence electrons. The van der Waals surface area contributed by atoms with Crippen LogP contribution in [0.15, 0.2) is 76.3 Å². The van der Waals surface area contributed by atoms with Crippen molar-refractivity contribution in [2.45, 2.75) is 13.5 Å². The first-order valence-electron chi connectivity index (χ1n) is 9.29. The Kier molecular flexibility index (Phi) is 7.81. The van der Waals surface area contributed by atoms with E-state index in [1.807, 2.05) is 43.3 Å². The predicted octanol–water partition coefficient (Wildman–Crippen LogP) is 5.08. The molecule has 2 amide bonds. The maximum Gasteiger partial charge on any atom is 0.329 e. The fraction of sp³-hybridized carbons (Fsp3) is 0.0870. The molecule has 0 saturated heterocycles. The van der Waals surface area contributed by atoms with Gasteiger partial charge in [-0.15, -0.1) is 0 Å². The van der Waals surface area contributed by atoms with Gasteiger partial charge in [0, 0.05) is 20.7 Å². The lowest BCUT2D eigenvalue weighted by molar-refractivity contribution is -0.136. The summed E-state index contributed by atoms with van der Waals surface area (Å²) in [6.07, 6.45) is 1.42. The van der Waals surface area contributed by atoms with Crippen molar-refractivity contribution in [1.82, 2.24) is 5.43 Å². The van der Waals surface area contributed by atoms with Gasteiger partial charge in [0.1, 0.15) is 12.4 Å². The highest BCUT2D eigenvalue weighted by Gasteiger charge is 2.13. The number of benzene rings is 3. The van der Waals surface area contributed by atoms with Crippen LogP contribution in [0.5, 0.6) is 5.75 Å². The highest BCUT2D eigenvalue weighted by molar-refractivity contribution is 9.10. The summed E-state index contributed by atoms with van der Waals surface area (Å²) in [6, 6.07) is 20.2. The van der Waals surface area contributed by atoms with Gasteiger partial charge in [0.25, 0.3) is 0 Å². The molecule has 0 fully saturated rings. The quantitative estimate of drug-likeness (QED) is 0.281. The zero-order valence-electron chi connectivity index (χ0n) is 16.6. The summed E-state index contributed by atoms with van der Waals surface area (Å²) in [5.41, 5.74) is 5.16. The number of carbonyl (C=O) groups is 2. The number of nitrogens with zero attached hydrogens (tertiary/aromatic N) is 1. The van der Waals surface area contributed by atoms with Gasteiger partial charge in [-0.05, 0) is 48.4 Å². The molecule has 0 aliphatic rings. The summed E-state index contributed by atoms with van der Waals surface area (Å²) in [4.78, 5) is 24.1. The molecule has 0 spiro atoms. The van der Waals surface area contributed by atoms with Gasteiger partial charge in [-0.1, -0.05) is 63.9 Å². The van der Waals surface area contributed by atoms with Crippen LogP contribution >= 0.6 is 27.5 Å². The number of hydrazone groups is 1. The fourth-order valence-corrected chi connectivity index (χ4v) is 3.12. The average molecular weight is 501 g/mol. The monoisotopic (exact) mass is 499 g/mol. The van der Waals surface area contributed by atoms with E-state index in [2.05, 4.69) is 31.8 Å². The molecule has 0 heterocycles. The van der Waals surface area contributed by atoms with Crippen molar-refractivity contribution in [3.8, 4) is 5.75 Å². The van der Waals surface area contributed by atoms with Crippen LogP contribution < -0.4 is 15.5 Å². The van der Waals surface area contributed by atoms with Crippen LogP contribution in [-0.4, -0.2) is 18.0 Å². The van der Waals surface area contributed by atoms with Gasteiger partial charge in [-0.2, -0.15) is 5.10 Å². The molecule has 0 bridgehead atoms. The second-order valence-electron chi connectivity index (χ2n) is 6.57. The smallest absolute Gasteiger partial charge is 0.329 e. The van der Waals surface area contributed by atoms with Gasteiger partial charge < -0.3 is 10.1 Å². The molecule has 3 aromatic carbocycles. The van der Waals surface area contributed by atoms with E-state index >= 15 is 0 Å². The second kappa shape index (κ2) is 10.7. The van der Waals surface area contributed by atoms with Crippen molar-refractivity contribution in [2.75, 3.05) is 5.32 Å². The molecule has 2 N–H and O–H groups in total. The predicted molar refractivity (Wildman–Crippen MR) is 125 cm³/mol. The Balaban J connectivity index is 1.61. The summed E-state index contributed by atoms with van der Waals surface area (Å²) >= 11 is 9.43. The van der Waals surface area contributed by atoms with Crippen LogP contribution in [0.3, 0.4) is 0 Å². The lowest BCUT2D eigenvalue weighted by atomic mass is 10.2. The number of rotatable bonds is 6. The van der Waals surface area contributed by atoms with Gasteiger partial charge in [-0.25, -0.2) is 5.43 Å². The molecule has 0 atom stereocenters. The van der Waals surface area contributed by atoms with Gasteiger partial charge in [0.2, 0.25) is 0 Å². The maximum atomic E-state index is 12.1.